The Morgan fingerprint density at radius 2 is 2.42 bits per heavy atom. The van der Waals surface area contributed by atoms with Crippen molar-refractivity contribution >= 4 is 6.09 Å². The van der Waals surface area contributed by atoms with Crippen LogP contribution in [-0.4, -0.2) is 11.1 Å². The summed E-state index contributed by atoms with van der Waals surface area (Å²) in [5.74, 6) is 0.224. The molecular weight excluding hydrogens is 158 g/mol. The zero-order chi connectivity index (χ0) is 8.97. The van der Waals surface area contributed by atoms with Crippen molar-refractivity contribution in [1.29, 1.82) is 5.26 Å². The van der Waals surface area contributed by atoms with E-state index < -0.39 is 6.09 Å². The van der Waals surface area contributed by atoms with Gasteiger partial charge in [-0.2, -0.15) is 5.26 Å². The molecule has 0 spiro atoms. The van der Waals surface area contributed by atoms with Gasteiger partial charge >= 0.3 is 6.09 Å². The first kappa shape index (κ1) is 8.01. The molecule has 0 radical (unpaired) electrons. The van der Waals surface area contributed by atoms with Crippen LogP contribution in [0.4, 0.5) is 4.79 Å². The molecule has 5 nitrogen and oxygen atoms in total. The molecule has 0 saturated carbocycles. The lowest BCUT2D eigenvalue weighted by Gasteiger charge is -1.97. The van der Waals surface area contributed by atoms with Gasteiger partial charge < -0.3 is 10.5 Å². The summed E-state index contributed by atoms with van der Waals surface area (Å²) in [6.07, 6.45) is 0.352. The number of nitriles is 1. The first-order valence-corrected chi connectivity index (χ1v) is 3.06. The molecule has 60 valence electrons. The number of hydrogen-bond acceptors (Lipinski definition) is 4. The minimum atomic E-state index is -0.901. The standard InChI is InChI=1S/C7H5N3O2/c8-3-5-1-2-6(4-10-5)12-7(9)11/h1-2,4H,(H2,9,11). The van der Waals surface area contributed by atoms with Gasteiger partial charge in [-0.3, -0.25) is 0 Å². The van der Waals surface area contributed by atoms with E-state index in [4.69, 9.17) is 11.0 Å². The molecule has 0 atom stereocenters. The third kappa shape index (κ3) is 1.95. The van der Waals surface area contributed by atoms with Crippen molar-refractivity contribution < 1.29 is 9.53 Å². The molecule has 0 bridgehead atoms. The average Bonchev–Trinajstić information content (AvgIpc) is 2.05. The molecule has 0 aromatic carbocycles. The number of pyridine rings is 1. The molecule has 5 heteroatoms. The summed E-state index contributed by atoms with van der Waals surface area (Å²) in [6.45, 7) is 0. The lowest BCUT2D eigenvalue weighted by molar-refractivity contribution is 0.210. The number of carbonyl (C=O) groups excluding carboxylic acids is 1. The second kappa shape index (κ2) is 3.34. The van der Waals surface area contributed by atoms with Crippen LogP contribution in [0.3, 0.4) is 0 Å². The second-order valence-corrected chi connectivity index (χ2v) is 1.91. The van der Waals surface area contributed by atoms with Gasteiger partial charge in [0.2, 0.25) is 0 Å². The van der Waals surface area contributed by atoms with Crippen LogP contribution in [0.2, 0.25) is 0 Å². The van der Waals surface area contributed by atoms with Gasteiger partial charge in [0, 0.05) is 0 Å². The van der Waals surface area contributed by atoms with Crippen molar-refractivity contribution in [3.63, 3.8) is 0 Å². The lowest BCUT2D eigenvalue weighted by atomic mass is 10.4. The van der Waals surface area contributed by atoms with Crippen molar-refractivity contribution in [3.8, 4) is 11.8 Å². The summed E-state index contributed by atoms with van der Waals surface area (Å²) < 4.78 is 4.48. The summed E-state index contributed by atoms with van der Waals surface area (Å²) >= 11 is 0. The first-order chi connectivity index (χ1) is 5.72. The molecule has 1 aromatic rings. The quantitative estimate of drug-likeness (QED) is 0.649. The van der Waals surface area contributed by atoms with Gasteiger partial charge in [0.1, 0.15) is 11.8 Å². The molecule has 0 saturated heterocycles. The maximum atomic E-state index is 10.2. The predicted molar refractivity (Wildman–Crippen MR) is 39.2 cm³/mol. The third-order valence-electron chi connectivity index (χ3n) is 1.07. The van der Waals surface area contributed by atoms with Crippen molar-refractivity contribution in [2.45, 2.75) is 0 Å². The molecule has 2 N–H and O–H groups in total. The molecule has 0 aliphatic heterocycles. The largest absolute Gasteiger partial charge is 0.410 e. The van der Waals surface area contributed by atoms with Crippen molar-refractivity contribution in [2.75, 3.05) is 0 Å². The van der Waals surface area contributed by atoms with Crippen LogP contribution in [0.25, 0.3) is 0 Å². The summed E-state index contributed by atoms with van der Waals surface area (Å²) in [5, 5.41) is 8.37. The van der Waals surface area contributed by atoms with Crippen molar-refractivity contribution in [3.05, 3.63) is 24.0 Å². The Morgan fingerprint density at radius 1 is 1.67 bits per heavy atom. The Balaban J connectivity index is 2.80. The normalized spacial score (nSPS) is 8.58. The zero-order valence-electron chi connectivity index (χ0n) is 6.02. The van der Waals surface area contributed by atoms with E-state index in [-0.39, 0.29) is 11.4 Å². The highest BCUT2D eigenvalue weighted by Crippen LogP contribution is 2.07. The third-order valence-corrected chi connectivity index (χ3v) is 1.07. The topological polar surface area (TPSA) is 89.0 Å². The minimum absolute atomic E-state index is 0.224. The molecule has 12 heavy (non-hydrogen) atoms. The summed E-state index contributed by atoms with van der Waals surface area (Å²) in [6, 6.07) is 4.69. The number of nitrogens with zero attached hydrogens (tertiary/aromatic N) is 2. The SMILES string of the molecule is N#Cc1ccc(OC(N)=O)cn1. The first-order valence-electron chi connectivity index (χ1n) is 3.06. The van der Waals surface area contributed by atoms with E-state index in [1.165, 1.54) is 18.3 Å². The molecule has 1 rings (SSSR count). The van der Waals surface area contributed by atoms with Crippen molar-refractivity contribution in [2.24, 2.45) is 5.73 Å². The smallest absolute Gasteiger partial charge is 0.409 e. The fourth-order valence-electron chi connectivity index (χ4n) is 0.623. The van der Waals surface area contributed by atoms with E-state index in [0.717, 1.165) is 0 Å². The van der Waals surface area contributed by atoms with Crippen LogP contribution in [0, 0.1) is 11.3 Å². The number of nitrogens with two attached hydrogens (primary N) is 1. The number of primary amides is 1. The van der Waals surface area contributed by atoms with Crippen LogP contribution in [0.15, 0.2) is 18.3 Å². The van der Waals surface area contributed by atoms with Crippen LogP contribution in [0.1, 0.15) is 5.69 Å². The average molecular weight is 163 g/mol. The fourth-order valence-corrected chi connectivity index (χ4v) is 0.623. The molecule has 0 aliphatic carbocycles. The molecule has 0 unspecified atom stereocenters. The molecule has 1 aromatic heterocycles. The number of amides is 1. The fraction of sp³-hybridized carbons (Fsp3) is 0. The number of carbonyl (C=O) groups is 1. The monoisotopic (exact) mass is 163 g/mol. The number of rotatable bonds is 1. The summed E-state index contributed by atoms with van der Waals surface area (Å²) in [5.41, 5.74) is 5.00. The Morgan fingerprint density at radius 3 is 2.83 bits per heavy atom. The lowest BCUT2D eigenvalue weighted by Crippen LogP contribution is -2.16. The molecule has 1 heterocycles. The maximum Gasteiger partial charge on any atom is 0.410 e. The van der Waals surface area contributed by atoms with E-state index in [1.807, 2.05) is 6.07 Å². The number of hydrogen-bond donors (Lipinski definition) is 1. The van der Waals surface area contributed by atoms with E-state index in [9.17, 15) is 4.79 Å². The Labute approximate surface area is 68.4 Å². The van der Waals surface area contributed by atoms with Crippen LogP contribution < -0.4 is 10.5 Å². The Kier molecular flexibility index (Phi) is 2.23. The van der Waals surface area contributed by atoms with Gasteiger partial charge in [-0.15, -0.1) is 0 Å². The van der Waals surface area contributed by atoms with Gasteiger partial charge in [-0.25, -0.2) is 9.78 Å². The molecular formula is C7H5N3O2. The maximum absolute atomic E-state index is 10.2. The highest BCUT2D eigenvalue weighted by Gasteiger charge is 1.98. The Bertz CT molecular complexity index is 325. The van der Waals surface area contributed by atoms with E-state index in [0.29, 0.717) is 0 Å². The highest BCUT2D eigenvalue weighted by molar-refractivity contribution is 5.67. The van der Waals surface area contributed by atoms with E-state index in [2.05, 4.69) is 9.72 Å². The van der Waals surface area contributed by atoms with E-state index >= 15 is 0 Å². The summed E-state index contributed by atoms with van der Waals surface area (Å²) in [7, 11) is 0. The second-order valence-electron chi connectivity index (χ2n) is 1.91. The van der Waals surface area contributed by atoms with Gasteiger partial charge in [0.25, 0.3) is 0 Å². The van der Waals surface area contributed by atoms with Crippen LogP contribution in [-0.2, 0) is 0 Å². The Hall–Kier alpha value is -2.09. The van der Waals surface area contributed by atoms with Gasteiger partial charge in [0.05, 0.1) is 6.20 Å². The zero-order valence-corrected chi connectivity index (χ0v) is 6.02. The number of aromatic nitrogens is 1. The van der Waals surface area contributed by atoms with Crippen molar-refractivity contribution in [1.82, 2.24) is 4.98 Å². The summed E-state index contributed by atoms with van der Waals surface area (Å²) in [4.78, 5) is 13.9. The predicted octanol–water partition coefficient (Wildman–Crippen LogP) is 0.411. The minimum Gasteiger partial charge on any atom is -0.409 e. The highest BCUT2D eigenvalue weighted by atomic mass is 16.5. The molecule has 0 fully saturated rings. The van der Waals surface area contributed by atoms with Crippen LogP contribution >= 0.6 is 0 Å². The molecule has 1 amide bonds. The van der Waals surface area contributed by atoms with Gasteiger partial charge in [0.15, 0.2) is 5.75 Å². The number of ether oxygens (including phenoxy) is 1. The van der Waals surface area contributed by atoms with Gasteiger partial charge in [-0.1, -0.05) is 0 Å². The van der Waals surface area contributed by atoms with Crippen LogP contribution in [0.5, 0.6) is 5.75 Å². The van der Waals surface area contributed by atoms with Gasteiger partial charge in [-0.05, 0) is 12.1 Å². The molecule has 0 aliphatic rings. The van der Waals surface area contributed by atoms with E-state index in [1.54, 1.807) is 0 Å².